The van der Waals surface area contributed by atoms with Gasteiger partial charge in [0.15, 0.2) is 0 Å². The number of urea groups is 1. The van der Waals surface area contributed by atoms with E-state index in [4.69, 9.17) is 10.00 Å². The molecule has 0 aliphatic carbocycles. The van der Waals surface area contributed by atoms with Gasteiger partial charge in [0.05, 0.1) is 19.0 Å². The summed E-state index contributed by atoms with van der Waals surface area (Å²) in [6, 6.07) is 8.60. The highest BCUT2D eigenvalue weighted by molar-refractivity contribution is 6.01. The van der Waals surface area contributed by atoms with Crippen LogP contribution in [0.15, 0.2) is 24.3 Å². The van der Waals surface area contributed by atoms with E-state index in [1.165, 1.54) is 11.9 Å². The lowest BCUT2D eigenvalue weighted by molar-refractivity contribution is -0.126. The van der Waals surface area contributed by atoms with Crippen molar-refractivity contribution in [3.63, 3.8) is 0 Å². The molecule has 0 spiro atoms. The number of amides is 3. The third-order valence-electron chi connectivity index (χ3n) is 3.27. The van der Waals surface area contributed by atoms with E-state index in [2.05, 4.69) is 6.07 Å². The molecule has 1 fully saturated rings. The van der Waals surface area contributed by atoms with E-state index in [1.807, 2.05) is 0 Å². The minimum Gasteiger partial charge on any atom is -0.491 e. The Bertz CT molecular complexity index is 594. The van der Waals surface area contributed by atoms with Crippen molar-refractivity contribution in [3.05, 3.63) is 29.8 Å². The lowest BCUT2D eigenvalue weighted by atomic mass is 10.2. The van der Waals surface area contributed by atoms with E-state index >= 15 is 0 Å². The fourth-order valence-corrected chi connectivity index (χ4v) is 2.10. The number of β-amino-alcohol motifs (C(OH)–C–C–N with tert-alkyl or cyclic N) is 1. The van der Waals surface area contributed by atoms with Crippen molar-refractivity contribution in [3.8, 4) is 11.8 Å². The normalized spacial score (nSPS) is 15.9. The molecular formula is C15H17N3O4. The molecule has 0 bridgehead atoms. The van der Waals surface area contributed by atoms with Crippen molar-refractivity contribution in [2.75, 3.05) is 26.7 Å². The topological polar surface area (TPSA) is 93.9 Å². The lowest BCUT2D eigenvalue weighted by Gasteiger charge is -2.18. The van der Waals surface area contributed by atoms with Crippen LogP contribution in [0, 0.1) is 11.3 Å². The average Bonchev–Trinajstić information content (AvgIpc) is 2.73. The first-order valence-corrected chi connectivity index (χ1v) is 6.83. The second kappa shape index (κ2) is 6.91. The standard InChI is InChI=1S/C15H17N3O4/c1-17-9-14(20)18(15(17)21)8-12(19)10-22-13-4-2-11(3-5-13)6-7-16/h2-5,12,19H,6,8-10H2,1H3/t12-/m0/s1. The summed E-state index contributed by atoms with van der Waals surface area (Å²) in [7, 11) is 1.53. The first kappa shape index (κ1) is 15.8. The molecule has 22 heavy (non-hydrogen) atoms. The number of nitrogens with zero attached hydrogens (tertiary/aromatic N) is 3. The van der Waals surface area contributed by atoms with Crippen molar-refractivity contribution < 1.29 is 19.4 Å². The summed E-state index contributed by atoms with van der Waals surface area (Å²) in [6.07, 6.45) is -0.631. The Morgan fingerprint density at radius 2 is 2.05 bits per heavy atom. The molecule has 0 radical (unpaired) electrons. The van der Waals surface area contributed by atoms with Gasteiger partial charge in [0.1, 0.15) is 25.0 Å². The first-order valence-electron chi connectivity index (χ1n) is 6.83. The summed E-state index contributed by atoms with van der Waals surface area (Å²) in [4.78, 5) is 25.6. The summed E-state index contributed by atoms with van der Waals surface area (Å²) in [6.45, 7) is -0.0837. The Morgan fingerprint density at radius 1 is 1.36 bits per heavy atom. The van der Waals surface area contributed by atoms with Gasteiger partial charge in [0.25, 0.3) is 0 Å². The smallest absolute Gasteiger partial charge is 0.327 e. The molecule has 0 aromatic heterocycles. The van der Waals surface area contributed by atoms with Gasteiger partial charge in [0.2, 0.25) is 5.91 Å². The van der Waals surface area contributed by atoms with Gasteiger partial charge in [-0.2, -0.15) is 5.26 Å². The third kappa shape index (κ3) is 3.74. The number of imide groups is 1. The second-order valence-electron chi connectivity index (χ2n) is 5.09. The van der Waals surface area contributed by atoms with Crippen LogP contribution in [0.25, 0.3) is 0 Å². The molecule has 1 aromatic rings. The maximum atomic E-state index is 11.7. The first-order chi connectivity index (χ1) is 10.5. The van der Waals surface area contributed by atoms with Crippen LogP contribution in [-0.2, 0) is 11.2 Å². The van der Waals surface area contributed by atoms with E-state index in [0.29, 0.717) is 12.2 Å². The van der Waals surface area contributed by atoms with Gasteiger partial charge >= 0.3 is 6.03 Å². The number of nitriles is 1. The lowest BCUT2D eigenvalue weighted by Crippen LogP contribution is -2.40. The number of carbonyl (C=O) groups excluding carboxylic acids is 2. The van der Waals surface area contributed by atoms with Crippen molar-refractivity contribution in [2.24, 2.45) is 0 Å². The van der Waals surface area contributed by atoms with E-state index in [1.54, 1.807) is 24.3 Å². The summed E-state index contributed by atoms with van der Waals surface area (Å²) >= 11 is 0. The molecule has 1 heterocycles. The van der Waals surface area contributed by atoms with Crippen LogP contribution in [0.2, 0.25) is 0 Å². The molecule has 0 saturated carbocycles. The van der Waals surface area contributed by atoms with Gasteiger partial charge in [-0.15, -0.1) is 0 Å². The van der Waals surface area contributed by atoms with E-state index in [0.717, 1.165) is 10.5 Å². The maximum Gasteiger partial charge on any atom is 0.327 e. The number of carbonyl (C=O) groups is 2. The highest BCUT2D eigenvalue weighted by atomic mass is 16.5. The quantitative estimate of drug-likeness (QED) is 0.767. The number of ether oxygens (including phenoxy) is 1. The third-order valence-corrected chi connectivity index (χ3v) is 3.27. The van der Waals surface area contributed by atoms with Gasteiger partial charge in [0, 0.05) is 7.05 Å². The van der Waals surface area contributed by atoms with Gasteiger partial charge in [-0.1, -0.05) is 12.1 Å². The van der Waals surface area contributed by atoms with Gasteiger partial charge in [-0.05, 0) is 17.7 Å². The van der Waals surface area contributed by atoms with E-state index in [-0.39, 0.29) is 25.6 Å². The predicted octanol–water partition coefficient (Wildman–Crippen LogP) is 0.386. The zero-order valence-corrected chi connectivity index (χ0v) is 12.2. The fourth-order valence-electron chi connectivity index (χ4n) is 2.10. The molecule has 1 atom stereocenters. The molecule has 7 nitrogen and oxygen atoms in total. The molecule has 7 heteroatoms. The molecule has 1 aromatic carbocycles. The molecule has 3 amide bonds. The number of hydrogen-bond donors (Lipinski definition) is 1. The summed E-state index contributed by atoms with van der Waals surface area (Å²) in [5.41, 5.74) is 0.881. The number of aliphatic hydroxyl groups excluding tert-OH is 1. The molecule has 1 saturated heterocycles. The Labute approximate surface area is 128 Å². The zero-order chi connectivity index (χ0) is 16.1. The number of benzene rings is 1. The largest absolute Gasteiger partial charge is 0.491 e. The maximum absolute atomic E-state index is 11.7. The van der Waals surface area contributed by atoms with Gasteiger partial charge in [-0.3, -0.25) is 9.69 Å². The fraction of sp³-hybridized carbons (Fsp3) is 0.400. The SMILES string of the molecule is CN1CC(=O)N(C[C@H](O)COc2ccc(CC#N)cc2)C1=O. The minimum atomic E-state index is -0.960. The summed E-state index contributed by atoms with van der Waals surface area (Å²) in [5, 5.41) is 18.5. The van der Waals surface area contributed by atoms with Gasteiger partial charge in [-0.25, -0.2) is 4.79 Å². The highest BCUT2D eigenvalue weighted by Crippen LogP contribution is 2.14. The minimum absolute atomic E-state index is 0.0294. The molecule has 1 aliphatic rings. The average molecular weight is 303 g/mol. The van der Waals surface area contributed by atoms with Crippen molar-refractivity contribution in [2.45, 2.75) is 12.5 Å². The Kier molecular flexibility index (Phi) is 4.96. The monoisotopic (exact) mass is 303 g/mol. The van der Waals surface area contributed by atoms with Crippen LogP contribution in [0.1, 0.15) is 5.56 Å². The molecule has 1 aliphatic heterocycles. The number of rotatable bonds is 6. The number of likely N-dealkylation sites (N-methyl/N-ethyl adjacent to an activating group) is 1. The summed E-state index contributed by atoms with van der Waals surface area (Å²) in [5.74, 6) is 0.226. The number of hydrogen-bond acceptors (Lipinski definition) is 5. The van der Waals surface area contributed by atoms with Crippen molar-refractivity contribution in [1.29, 1.82) is 5.26 Å². The van der Waals surface area contributed by atoms with Crippen LogP contribution >= 0.6 is 0 Å². The molecule has 1 N–H and O–H groups in total. The predicted molar refractivity (Wildman–Crippen MR) is 77.0 cm³/mol. The second-order valence-corrected chi connectivity index (χ2v) is 5.09. The Hall–Kier alpha value is -2.59. The van der Waals surface area contributed by atoms with Crippen LogP contribution in [0.3, 0.4) is 0 Å². The number of aliphatic hydroxyl groups is 1. The van der Waals surface area contributed by atoms with Crippen LogP contribution in [0.4, 0.5) is 4.79 Å². The Morgan fingerprint density at radius 3 is 2.59 bits per heavy atom. The van der Waals surface area contributed by atoms with Gasteiger partial charge < -0.3 is 14.7 Å². The molecule has 0 unspecified atom stereocenters. The van der Waals surface area contributed by atoms with Crippen LogP contribution < -0.4 is 4.74 Å². The van der Waals surface area contributed by atoms with E-state index in [9.17, 15) is 14.7 Å². The van der Waals surface area contributed by atoms with E-state index < -0.39 is 12.1 Å². The van der Waals surface area contributed by atoms with Crippen molar-refractivity contribution in [1.82, 2.24) is 9.80 Å². The molecular weight excluding hydrogens is 286 g/mol. The summed E-state index contributed by atoms with van der Waals surface area (Å²) < 4.78 is 5.41. The molecule has 116 valence electrons. The van der Waals surface area contributed by atoms with Crippen LogP contribution in [0.5, 0.6) is 5.75 Å². The van der Waals surface area contributed by atoms with Crippen LogP contribution in [-0.4, -0.2) is 59.7 Å². The molecule has 2 rings (SSSR count). The van der Waals surface area contributed by atoms with Crippen molar-refractivity contribution >= 4 is 11.9 Å². The zero-order valence-electron chi connectivity index (χ0n) is 12.2. The Balaban J connectivity index is 1.83. The highest BCUT2D eigenvalue weighted by Gasteiger charge is 2.34.